The molecule has 22 heavy (non-hydrogen) atoms. The second-order valence-corrected chi connectivity index (χ2v) is 4.33. The Morgan fingerprint density at radius 2 is 1.59 bits per heavy atom. The second-order valence-electron chi connectivity index (χ2n) is 4.33. The Morgan fingerprint density at radius 1 is 0.909 bits per heavy atom. The highest BCUT2D eigenvalue weighted by Crippen LogP contribution is 2.24. The molecule has 2 aromatic carbocycles. The smallest absolute Gasteiger partial charge is 0.489 e. The summed E-state index contributed by atoms with van der Waals surface area (Å²) in [5.41, 5.74) is 7.04. The van der Waals surface area contributed by atoms with Gasteiger partial charge in [-0.25, -0.2) is 0 Å². The van der Waals surface area contributed by atoms with Gasteiger partial charge in [-0.3, -0.25) is 0 Å². The van der Waals surface area contributed by atoms with Gasteiger partial charge >= 0.3 is 6.36 Å². The Labute approximate surface area is 132 Å². The summed E-state index contributed by atoms with van der Waals surface area (Å²) in [7, 11) is 0. The minimum atomic E-state index is -4.70. The Morgan fingerprint density at radius 3 is 2.18 bits per heavy atom. The van der Waals surface area contributed by atoms with Crippen molar-refractivity contribution >= 4 is 12.4 Å². The van der Waals surface area contributed by atoms with Crippen LogP contribution < -0.4 is 15.2 Å². The van der Waals surface area contributed by atoms with Gasteiger partial charge in [0.25, 0.3) is 0 Å². The van der Waals surface area contributed by atoms with E-state index in [0.29, 0.717) is 17.9 Å². The SMILES string of the molecule is Cl.NCc1ccc(OCc2cccc(OC(F)(F)F)c2)cc1. The lowest BCUT2D eigenvalue weighted by molar-refractivity contribution is -0.274. The maximum absolute atomic E-state index is 12.1. The number of hydrogen-bond donors (Lipinski definition) is 1. The first-order chi connectivity index (χ1) is 9.96. The van der Waals surface area contributed by atoms with Crippen LogP contribution in [0.15, 0.2) is 48.5 Å². The zero-order valence-corrected chi connectivity index (χ0v) is 12.3. The molecule has 0 heterocycles. The van der Waals surface area contributed by atoms with Crippen molar-refractivity contribution in [3.63, 3.8) is 0 Å². The molecule has 0 spiro atoms. The van der Waals surface area contributed by atoms with Crippen molar-refractivity contribution in [1.29, 1.82) is 0 Å². The molecule has 0 aliphatic heterocycles. The van der Waals surface area contributed by atoms with Gasteiger partial charge < -0.3 is 15.2 Å². The number of alkyl halides is 3. The van der Waals surface area contributed by atoms with Gasteiger partial charge in [-0.05, 0) is 35.4 Å². The predicted octanol–water partition coefficient (Wildman–Crippen LogP) is 4.04. The first-order valence-electron chi connectivity index (χ1n) is 6.23. The van der Waals surface area contributed by atoms with Gasteiger partial charge in [0.05, 0.1) is 0 Å². The summed E-state index contributed by atoms with van der Waals surface area (Å²) in [5, 5.41) is 0. The molecule has 120 valence electrons. The number of rotatable bonds is 5. The fourth-order valence-corrected chi connectivity index (χ4v) is 1.72. The van der Waals surface area contributed by atoms with Gasteiger partial charge in [-0.1, -0.05) is 24.3 Å². The summed E-state index contributed by atoms with van der Waals surface area (Å²) in [6, 6.07) is 12.9. The Hall–Kier alpha value is -1.92. The second kappa shape index (κ2) is 7.91. The summed E-state index contributed by atoms with van der Waals surface area (Å²) in [6.07, 6.45) is -4.70. The fourth-order valence-electron chi connectivity index (χ4n) is 1.72. The van der Waals surface area contributed by atoms with Crippen molar-refractivity contribution in [2.75, 3.05) is 0 Å². The lowest BCUT2D eigenvalue weighted by Crippen LogP contribution is -2.17. The minimum Gasteiger partial charge on any atom is -0.489 e. The third kappa shape index (κ3) is 5.83. The first-order valence-corrected chi connectivity index (χ1v) is 6.23. The summed E-state index contributed by atoms with van der Waals surface area (Å²) in [4.78, 5) is 0. The van der Waals surface area contributed by atoms with E-state index in [9.17, 15) is 13.2 Å². The number of benzene rings is 2. The molecular weight excluding hydrogens is 319 g/mol. The molecule has 0 aliphatic rings. The van der Waals surface area contributed by atoms with Gasteiger partial charge in [0.2, 0.25) is 0 Å². The average Bonchev–Trinajstić information content (AvgIpc) is 2.44. The Bertz CT molecular complexity index is 588. The van der Waals surface area contributed by atoms with Crippen molar-refractivity contribution in [2.24, 2.45) is 5.73 Å². The minimum absolute atomic E-state index is 0. The quantitative estimate of drug-likeness (QED) is 0.898. The Balaban J connectivity index is 0.00000242. The van der Waals surface area contributed by atoms with Gasteiger partial charge in [0.1, 0.15) is 18.1 Å². The third-order valence-electron chi connectivity index (χ3n) is 2.70. The number of nitrogens with two attached hydrogens (primary N) is 1. The van der Waals surface area contributed by atoms with Crippen LogP contribution in [0.1, 0.15) is 11.1 Å². The van der Waals surface area contributed by atoms with Crippen LogP contribution >= 0.6 is 12.4 Å². The van der Waals surface area contributed by atoms with Gasteiger partial charge in [-0.15, -0.1) is 25.6 Å². The molecule has 2 N–H and O–H groups in total. The predicted molar refractivity (Wildman–Crippen MR) is 79.0 cm³/mol. The van der Waals surface area contributed by atoms with Crippen LogP contribution in [0.5, 0.6) is 11.5 Å². The molecule has 0 aromatic heterocycles. The van der Waals surface area contributed by atoms with E-state index in [-0.39, 0.29) is 24.8 Å². The van der Waals surface area contributed by atoms with Crippen LogP contribution in [-0.2, 0) is 13.2 Å². The lowest BCUT2D eigenvalue weighted by atomic mass is 10.2. The van der Waals surface area contributed by atoms with E-state index in [1.165, 1.54) is 18.2 Å². The van der Waals surface area contributed by atoms with Gasteiger partial charge in [0, 0.05) is 6.54 Å². The average molecular weight is 334 g/mol. The summed E-state index contributed by atoms with van der Waals surface area (Å²) >= 11 is 0. The van der Waals surface area contributed by atoms with Crippen LogP contribution in [0.2, 0.25) is 0 Å². The highest BCUT2D eigenvalue weighted by Gasteiger charge is 2.31. The molecule has 0 unspecified atom stereocenters. The third-order valence-corrected chi connectivity index (χ3v) is 2.70. The van der Waals surface area contributed by atoms with Crippen molar-refractivity contribution in [3.8, 4) is 11.5 Å². The maximum Gasteiger partial charge on any atom is 0.573 e. The first kappa shape index (κ1) is 18.1. The van der Waals surface area contributed by atoms with Crippen LogP contribution in [0.25, 0.3) is 0 Å². The van der Waals surface area contributed by atoms with E-state index < -0.39 is 6.36 Å². The van der Waals surface area contributed by atoms with E-state index >= 15 is 0 Å². The number of ether oxygens (including phenoxy) is 2. The van der Waals surface area contributed by atoms with E-state index in [1.807, 2.05) is 12.1 Å². The van der Waals surface area contributed by atoms with Crippen LogP contribution in [0.4, 0.5) is 13.2 Å². The van der Waals surface area contributed by atoms with Crippen molar-refractivity contribution in [3.05, 3.63) is 59.7 Å². The largest absolute Gasteiger partial charge is 0.573 e. The molecule has 0 saturated heterocycles. The molecule has 0 fully saturated rings. The van der Waals surface area contributed by atoms with Gasteiger partial charge in [0.15, 0.2) is 0 Å². The zero-order valence-electron chi connectivity index (χ0n) is 11.5. The zero-order chi connectivity index (χ0) is 15.3. The number of halogens is 4. The molecule has 0 atom stereocenters. The van der Waals surface area contributed by atoms with E-state index in [1.54, 1.807) is 18.2 Å². The maximum atomic E-state index is 12.1. The molecule has 7 heteroatoms. The molecule has 2 rings (SSSR count). The van der Waals surface area contributed by atoms with Crippen LogP contribution in [0, 0.1) is 0 Å². The van der Waals surface area contributed by atoms with Crippen molar-refractivity contribution < 1.29 is 22.6 Å². The molecule has 2 aromatic rings. The molecule has 3 nitrogen and oxygen atoms in total. The molecular formula is C15H15ClF3NO2. The standard InChI is InChI=1S/C15H14F3NO2.ClH/c16-15(17,18)21-14-3-1-2-12(8-14)10-20-13-6-4-11(9-19)5-7-13;/h1-8H,9-10,19H2;1H. The van der Waals surface area contributed by atoms with Crippen LogP contribution in [0.3, 0.4) is 0 Å². The van der Waals surface area contributed by atoms with E-state index in [0.717, 1.165) is 5.56 Å². The van der Waals surface area contributed by atoms with Gasteiger partial charge in [-0.2, -0.15) is 0 Å². The normalized spacial score (nSPS) is 10.7. The molecule has 0 saturated carbocycles. The molecule has 0 radical (unpaired) electrons. The van der Waals surface area contributed by atoms with E-state index in [2.05, 4.69) is 4.74 Å². The topological polar surface area (TPSA) is 44.5 Å². The summed E-state index contributed by atoms with van der Waals surface area (Å²) in [5.74, 6) is 0.358. The molecule has 0 bridgehead atoms. The monoisotopic (exact) mass is 333 g/mol. The summed E-state index contributed by atoms with van der Waals surface area (Å²) in [6.45, 7) is 0.591. The Kier molecular flexibility index (Phi) is 6.52. The molecule has 0 aliphatic carbocycles. The highest BCUT2D eigenvalue weighted by atomic mass is 35.5. The van der Waals surface area contributed by atoms with Crippen LogP contribution in [-0.4, -0.2) is 6.36 Å². The fraction of sp³-hybridized carbons (Fsp3) is 0.200. The van der Waals surface area contributed by atoms with Crippen molar-refractivity contribution in [1.82, 2.24) is 0 Å². The molecule has 0 amide bonds. The highest BCUT2D eigenvalue weighted by molar-refractivity contribution is 5.85. The lowest BCUT2D eigenvalue weighted by Gasteiger charge is -2.11. The van der Waals surface area contributed by atoms with Crippen molar-refractivity contribution in [2.45, 2.75) is 19.5 Å². The summed E-state index contributed by atoms with van der Waals surface area (Å²) < 4.78 is 45.7. The van der Waals surface area contributed by atoms with E-state index in [4.69, 9.17) is 10.5 Å². The number of hydrogen-bond acceptors (Lipinski definition) is 3.